The van der Waals surface area contributed by atoms with E-state index in [-0.39, 0.29) is 24.4 Å². The highest BCUT2D eigenvalue weighted by atomic mass is 32.1. The molecule has 2 heterocycles. The van der Waals surface area contributed by atoms with Gasteiger partial charge in [0.1, 0.15) is 12.6 Å². The van der Waals surface area contributed by atoms with Crippen LogP contribution in [-0.4, -0.2) is 76.9 Å². The van der Waals surface area contributed by atoms with Crippen LogP contribution in [-0.2, 0) is 20.9 Å². The third-order valence-corrected chi connectivity index (χ3v) is 7.83. The fraction of sp³-hybridized carbons (Fsp3) is 0.536. The van der Waals surface area contributed by atoms with Crippen LogP contribution in [0.4, 0.5) is 0 Å². The van der Waals surface area contributed by atoms with Crippen molar-refractivity contribution < 1.29 is 23.8 Å². The molecular formula is C28H38N6O5S. The number of amides is 2. The molecule has 0 bridgehead atoms. The van der Waals surface area contributed by atoms with Crippen LogP contribution in [0.1, 0.15) is 56.4 Å². The SMILES string of the molecule is CCOCCCN(C(=O)Cn1nnc(-c2ccc(OC)c(OC)c2)n1)[C@H](C(=O)NC1CCCCC1)c1cccs1. The average molecular weight is 571 g/mol. The average Bonchev–Trinajstić information content (AvgIpc) is 3.67. The zero-order valence-corrected chi connectivity index (χ0v) is 24.2. The van der Waals surface area contributed by atoms with Crippen molar-refractivity contribution in [3.63, 3.8) is 0 Å². The maximum Gasteiger partial charge on any atom is 0.248 e. The van der Waals surface area contributed by atoms with Crippen molar-refractivity contribution >= 4 is 23.2 Å². The van der Waals surface area contributed by atoms with Gasteiger partial charge in [0.25, 0.3) is 0 Å². The molecule has 4 rings (SSSR count). The molecule has 1 aromatic carbocycles. The van der Waals surface area contributed by atoms with Crippen molar-refractivity contribution in [3.8, 4) is 22.9 Å². The summed E-state index contributed by atoms with van der Waals surface area (Å²) in [6, 6.07) is 8.50. The molecule has 1 aliphatic carbocycles. The molecular weight excluding hydrogens is 532 g/mol. The van der Waals surface area contributed by atoms with E-state index in [0.29, 0.717) is 49.1 Å². The third kappa shape index (κ3) is 7.57. The number of carbonyl (C=O) groups excluding carboxylic acids is 2. The first-order valence-corrected chi connectivity index (χ1v) is 14.6. The monoisotopic (exact) mass is 570 g/mol. The summed E-state index contributed by atoms with van der Waals surface area (Å²) < 4.78 is 16.2. The van der Waals surface area contributed by atoms with Crippen molar-refractivity contribution in [1.82, 2.24) is 30.4 Å². The highest BCUT2D eigenvalue weighted by Crippen LogP contribution is 2.31. The van der Waals surface area contributed by atoms with Crippen LogP contribution in [0.3, 0.4) is 0 Å². The number of thiophene rings is 1. The largest absolute Gasteiger partial charge is 0.493 e. The highest BCUT2D eigenvalue weighted by molar-refractivity contribution is 7.10. The minimum absolute atomic E-state index is 0.130. The molecule has 0 aliphatic heterocycles. The highest BCUT2D eigenvalue weighted by Gasteiger charge is 2.33. The first-order valence-electron chi connectivity index (χ1n) is 13.7. The van der Waals surface area contributed by atoms with Gasteiger partial charge in [-0.25, -0.2) is 0 Å². The molecule has 12 heteroatoms. The lowest BCUT2D eigenvalue weighted by atomic mass is 9.95. The number of rotatable bonds is 14. The zero-order chi connectivity index (χ0) is 28.3. The molecule has 40 heavy (non-hydrogen) atoms. The summed E-state index contributed by atoms with van der Waals surface area (Å²) in [4.78, 5) is 31.2. The number of nitrogens with zero attached hydrogens (tertiary/aromatic N) is 5. The maximum absolute atomic E-state index is 13.8. The van der Waals surface area contributed by atoms with E-state index >= 15 is 0 Å². The van der Waals surface area contributed by atoms with Gasteiger partial charge in [-0.3, -0.25) is 9.59 Å². The smallest absolute Gasteiger partial charge is 0.248 e. The summed E-state index contributed by atoms with van der Waals surface area (Å²) in [5, 5.41) is 17.8. The Hall–Kier alpha value is -3.51. The fourth-order valence-electron chi connectivity index (χ4n) is 4.89. The van der Waals surface area contributed by atoms with Crippen LogP contribution >= 0.6 is 11.3 Å². The van der Waals surface area contributed by atoms with E-state index in [2.05, 4.69) is 20.7 Å². The number of carbonyl (C=O) groups is 2. The van der Waals surface area contributed by atoms with Crippen molar-refractivity contribution in [1.29, 1.82) is 0 Å². The van der Waals surface area contributed by atoms with Gasteiger partial charge in [-0.05, 0) is 61.0 Å². The number of ether oxygens (including phenoxy) is 3. The molecule has 11 nitrogen and oxygen atoms in total. The Labute approximate surface area is 238 Å². The van der Waals surface area contributed by atoms with Crippen molar-refractivity contribution in [2.75, 3.05) is 34.0 Å². The molecule has 3 aromatic rings. The van der Waals surface area contributed by atoms with Gasteiger partial charge in [-0.2, -0.15) is 4.80 Å². The molecule has 0 unspecified atom stereocenters. The molecule has 0 spiro atoms. The first kappa shape index (κ1) is 29.5. The Kier molecular flexibility index (Phi) is 10.9. The number of hydrogen-bond donors (Lipinski definition) is 1. The van der Waals surface area contributed by atoms with Crippen LogP contribution in [0.5, 0.6) is 11.5 Å². The molecule has 1 N–H and O–H groups in total. The first-order chi connectivity index (χ1) is 19.5. The molecule has 1 saturated carbocycles. The second-order valence-electron chi connectivity index (χ2n) is 9.61. The lowest BCUT2D eigenvalue weighted by Gasteiger charge is -2.32. The summed E-state index contributed by atoms with van der Waals surface area (Å²) in [6.07, 6.45) is 5.92. The van der Waals surface area contributed by atoms with Crippen LogP contribution in [0.2, 0.25) is 0 Å². The number of tetrazole rings is 1. The number of aromatic nitrogens is 4. The lowest BCUT2D eigenvalue weighted by molar-refractivity contribution is -0.142. The number of methoxy groups -OCH3 is 2. The molecule has 0 radical (unpaired) electrons. The fourth-order valence-corrected chi connectivity index (χ4v) is 5.72. The van der Waals surface area contributed by atoms with Gasteiger partial charge in [0.05, 0.1) is 14.2 Å². The van der Waals surface area contributed by atoms with Gasteiger partial charge in [-0.1, -0.05) is 25.3 Å². The van der Waals surface area contributed by atoms with E-state index in [1.54, 1.807) is 37.3 Å². The summed E-state index contributed by atoms with van der Waals surface area (Å²) in [5.74, 6) is 1.04. The minimum atomic E-state index is -0.745. The van der Waals surface area contributed by atoms with Gasteiger partial charge >= 0.3 is 0 Å². The molecule has 216 valence electrons. The Morgan fingerprint density at radius 3 is 2.65 bits per heavy atom. The Morgan fingerprint density at radius 2 is 1.95 bits per heavy atom. The quantitative estimate of drug-likeness (QED) is 0.290. The lowest BCUT2D eigenvalue weighted by Crippen LogP contribution is -2.48. The van der Waals surface area contributed by atoms with Crippen molar-refractivity contribution in [3.05, 3.63) is 40.6 Å². The van der Waals surface area contributed by atoms with E-state index < -0.39 is 6.04 Å². The third-order valence-electron chi connectivity index (χ3n) is 6.91. The van der Waals surface area contributed by atoms with Crippen LogP contribution in [0.25, 0.3) is 11.4 Å². The Morgan fingerprint density at radius 1 is 1.15 bits per heavy atom. The minimum Gasteiger partial charge on any atom is -0.493 e. The van der Waals surface area contributed by atoms with Crippen molar-refractivity contribution in [2.24, 2.45) is 0 Å². The van der Waals surface area contributed by atoms with E-state index in [9.17, 15) is 9.59 Å². The van der Waals surface area contributed by atoms with E-state index in [0.717, 1.165) is 30.6 Å². The van der Waals surface area contributed by atoms with Crippen LogP contribution in [0, 0.1) is 0 Å². The molecule has 0 saturated heterocycles. The summed E-state index contributed by atoms with van der Waals surface area (Å²) in [7, 11) is 3.12. The number of nitrogens with one attached hydrogen (secondary N) is 1. The van der Waals surface area contributed by atoms with Gasteiger partial charge in [0.2, 0.25) is 17.6 Å². The second-order valence-corrected chi connectivity index (χ2v) is 10.6. The summed E-state index contributed by atoms with van der Waals surface area (Å²) in [5.41, 5.74) is 0.674. The number of benzene rings is 1. The Bertz CT molecular complexity index is 1230. The maximum atomic E-state index is 13.8. The van der Waals surface area contributed by atoms with E-state index in [4.69, 9.17) is 14.2 Å². The molecule has 2 amide bonds. The Balaban J connectivity index is 1.55. The van der Waals surface area contributed by atoms with E-state index in [1.807, 2.05) is 24.4 Å². The van der Waals surface area contributed by atoms with Crippen LogP contribution < -0.4 is 14.8 Å². The predicted octanol–water partition coefficient (Wildman–Crippen LogP) is 3.86. The van der Waals surface area contributed by atoms with Gasteiger partial charge in [-0.15, -0.1) is 21.5 Å². The van der Waals surface area contributed by atoms with Gasteiger partial charge in [0, 0.05) is 36.2 Å². The van der Waals surface area contributed by atoms with Gasteiger partial charge < -0.3 is 24.4 Å². The molecule has 2 aromatic heterocycles. The predicted molar refractivity (Wildman–Crippen MR) is 151 cm³/mol. The number of hydrogen-bond acceptors (Lipinski definition) is 9. The standard InChI is InChI=1S/C28H38N6O5S/c1-4-39-16-9-15-33(26(24-12-8-17-40-24)28(36)29-21-10-6-5-7-11-21)25(35)19-34-31-27(30-32-34)20-13-14-22(37-2)23(18-20)38-3/h8,12-14,17-18,21,26H,4-7,9-11,15-16,19H2,1-3H3,(H,29,36)/t26-/m0/s1. The topological polar surface area (TPSA) is 121 Å². The zero-order valence-electron chi connectivity index (χ0n) is 23.4. The molecule has 1 fully saturated rings. The second kappa shape index (κ2) is 14.8. The summed E-state index contributed by atoms with van der Waals surface area (Å²) in [6.45, 7) is 3.21. The molecule has 1 atom stereocenters. The van der Waals surface area contributed by atoms with E-state index in [1.165, 1.54) is 22.6 Å². The van der Waals surface area contributed by atoms with Crippen LogP contribution in [0.15, 0.2) is 35.7 Å². The van der Waals surface area contributed by atoms with Crippen molar-refractivity contribution in [2.45, 2.75) is 64.1 Å². The molecule has 1 aliphatic rings. The summed E-state index contributed by atoms with van der Waals surface area (Å²) >= 11 is 1.47. The van der Waals surface area contributed by atoms with Gasteiger partial charge in [0.15, 0.2) is 11.5 Å². The normalized spacial score (nSPS) is 14.5.